The maximum absolute atomic E-state index is 11.9. The van der Waals surface area contributed by atoms with Gasteiger partial charge in [0.25, 0.3) is 0 Å². The highest BCUT2D eigenvalue weighted by Gasteiger charge is 2.39. The number of amides is 1. The number of ether oxygens (including phenoxy) is 2. The van der Waals surface area contributed by atoms with E-state index in [9.17, 15) is 4.79 Å². The molecule has 0 N–H and O–H groups in total. The molecule has 19 heavy (non-hydrogen) atoms. The monoisotopic (exact) mass is 270 g/mol. The van der Waals surface area contributed by atoms with Crippen molar-refractivity contribution in [2.45, 2.75) is 38.9 Å². The van der Waals surface area contributed by atoms with Crippen LogP contribution in [0.3, 0.4) is 0 Å². The van der Waals surface area contributed by atoms with E-state index in [0.717, 1.165) is 58.8 Å². The Morgan fingerprint density at radius 2 is 1.74 bits per heavy atom. The van der Waals surface area contributed by atoms with Crippen LogP contribution in [0.5, 0.6) is 0 Å². The Kier molecular flexibility index (Phi) is 5.19. The predicted octanol–water partition coefficient (Wildman–Crippen LogP) is 1.08. The minimum Gasteiger partial charge on any atom is -0.347 e. The lowest BCUT2D eigenvalue weighted by molar-refractivity contribution is -0.185. The van der Waals surface area contributed by atoms with Gasteiger partial charge in [-0.05, 0) is 13.8 Å². The number of carbonyl (C=O) groups excluding carboxylic acids is 1. The first kappa shape index (κ1) is 14.8. The third-order valence-corrected chi connectivity index (χ3v) is 4.19. The van der Waals surface area contributed by atoms with E-state index in [-0.39, 0.29) is 11.7 Å². The molecule has 0 bridgehead atoms. The molecule has 5 nitrogen and oxygen atoms in total. The van der Waals surface area contributed by atoms with E-state index in [1.165, 1.54) is 0 Å². The fourth-order valence-electron chi connectivity index (χ4n) is 2.89. The second-order valence-electron chi connectivity index (χ2n) is 5.27. The summed E-state index contributed by atoms with van der Waals surface area (Å²) in [6.07, 6.45) is 2.47. The van der Waals surface area contributed by atoms with Crippen molar-refractivity contribution in [3.05, 3.63) is 0 Å². The van der Waals surface area contributed by atoms with Crippen molar-refractivity contribution in [1.29, 1.82) is 0 Å². The summed E-state index contributed by atoms with van der Waals surface area (Å²) in [5.41, 5.74) is 0. The molecule has 2 aliphatic rings. The molecule has 2 aliphatic heterocycles. The smallest absolute Gasteiger partial charge is 0.223 e. The van der Waals surface area contributed by atoms with Crippen molar-refractivity contribution in [2.75, 3.05) is 45.9 Å². The van der Waals surface area contributed by atoms with Gasteiger partial charge < -0.3 is 19.3 Å². The Labute approximate surface area is 115 Å². The van der Waals surface area contributed by atoms with Gasteiger partial charge in [-0.1, -0.05) is 0 Å². The highest BCUT2D eigenvalue weighted by Crippen LogP contribution is 2.31. The Balaban J connectivity index is 1.69. The number of hydrogen-bond donors (Lipinski definition) is 0. The van der Waals surface area contributed by atoms with Crippen LogP contribution in [0.2, 0.25) is 0 Å². The van der Waals surface area contributed by atoms with E-state index in [1.54, 1.807) is 0 Å². The molecule has 2 rings (SSSR count). The highest BCUT2D eigenvalue weighted by molar-refractivity contribution is 5.76. The summed E-state index contributed by atoms with van der Waals surface area (Å²) in [6, 6.07) is 0. The van der Waals surface area contributed by atoms with Crippen molar-refractivity contribution in [3.63, 3.8) is 0 Å². The van der Waals surface area contributed by atoms with E-state index in [2.05, 4.69) is 4.90 Å². The van der Waals surface area contributed by atoms with E-state index in [1.807, 2.05) is 18.7 Å². The number of carbonyl (C=O) groups is 1. The molecule has 5 heteroatoms. The summed E-state index contributed by atoms with van der Waals surface area (Å²) in [5.74, 6) is -0.0435. The van der Waals surface area contributed by atoms with Crippen LogP contribution in [0.4, 0.5) is 0 Å². The van der Waals surface area contributed by atoms with Crippen LogP contribution in [0.1, 0.15) is 33.1 Å². The zero-order chi connectivity index (χ0) is 13.7. The fraction of sp³-hybridized carbons (Fsp3) is 0.929. The predicted molar refractivity (Wildman–Crippen MR) is 72.9 cm³/mol. The molecule has 0 radical (unpaired) electrons. The number of nitrogens with zero attached hydrogens (tertiary/aromatic N) is 2. The van der Waals surface area contributed by atoms with Gasteiger partial charge in [0, 0.05) is 52.0 Å². The third kappa shape index (κ3) is 3.68. The molecule has 0 aromatic rings. The lowest BCUT2D eigenvalue weighted by Crippen LogP contribution is -2.46. The molecule has 2 fully saturated rings. The first-order chi connectivity index (χ1) is 9.19. The van der Waals surface area contributed by atoms with E-state index in [4.69, 9.17) is 9.47 Å². The van der Waals surface area contributed by atoms with Gasteiger partial charge >= 0.3 is 0 Å². The number of piperidine rings is 1. The topological polar surface area (TPSA) is 42.0 Å². The molecule has 1 spiro atoms. The number of likely N-dealkylation sites (tertiary alicyclic amines) is 1. The Hall–Kier alpha value is -0.650. The summed E-state index contributed by atoms with van der Waals surface area (Å²) in [6.45, 7) is 9.89. The molecular weight excluding hydrogens is 244 g/mol. The minimum absolute atomic E-state index is 0.263. The van der Waals surface area contributed by atoms with Crippen LogP contribution in [0.15, 0.2) is 0 Å². The molecule has 0 aromatic heterocycles. The quantitative estimate of drug-likeness (QED) is 0.750. The average molecular weight is 270 g/mol. The maximum Gasteiger partial charge on any atom is 0.223 e. The van der Waals surface area contributed by atoms with Crippen LogP contribution in [-0.2, 0) is 14.3 Å². The Morgan fingerprint density at radius 3 is 2.26 bits per heavy atom. The van der Waals surface area contributed by atoms with Gasteiger partial charge in [0.1, 0.15) is 0 Å². The summed E-state index contributed by atoms with van der Waals surface area (Å²) in [5, 5.41) is 0. The molecule has 2 heterocycles. The first-order valence-electron chi connectivity index (χ1n) is 7.47. The van der Waals surface area contributed by atoms with Gasteiger partial charge in [-0.15, -0.1) is 0 Å². The van der Waals surface area contributed by atoms with E-state index >= 15 is 0 Å². The average Bonchev–Trinajstić information content (AvgIpc) is 2.88. The normalized spacial score (nSPS) is 22.8. The molecule has 2 saturated heterocycles. The van der Waals surface area contributed by atoms with Gasteiger partial charge in [-0.2, -0.15) is 0 Å². The zero-order valence-electron chi connectivity index (χ0n) is 12.2. The molecule has 0 unspecified atom stereocenters. The zero-order valence-corrected chi connectivity index (χ0v) is 12.2. The van der Waals surface area contributed by atoms with E-state index < -0.39 is 0 Å². The molecule has 0 atom stereocenters. The molecule has 0 saturated carbocycles. The van der Waals surface area contributed by atoms with Gasteiger partial charge in [0.05, 0.1) is 13.2 Å². The van der Waals surface area contributed by atoms with Gasteiger partial charge in [0.15, 0.2) is 5.79 Å². The van der Waals surface area contributed by atoms with Crippen molar-refractivity contribution in [1.82, 2.24) is 9.80 Å². The Morgan fingerprint density at radius 1 is 1.16 bits per heavy atom. The summed E-state index contributed by atoms with van der Waals surface area (Å²) < 4.78 is 11.4. The third-order valence-electron chi connectivity index (χ3n) is 4.19. The van der Waals surface area contributed by atoms with Gasteiger partial charge in [-0.25, -0.2) is 0 Å². The van der Waals surface area contributed by atoms with E-state index in [0.29, 0.717) is 6.42 Å². The molecular formula is C14H26N2O3. The van der Waals surface area contributed by atoms with Gasteiger partial charge in [0.2, 0.25) is 5.91 Å². The minimum atomic E-state index is -0.306. The summed E-state index contributed by atoms with van der Waals surface area (Å²) in [7, 11) is 0. The van der Waals surface area contributed by atoms with Crippen LogP contribution in [0, 0.1) is 0 Å². The lowest BCUT2D eigenvalue weighted by Gasteiger charge is -2.37. The molecule has 1 amide bonds. The highest BCUT2D eigenvalue weighted by atomic mass is 16.7. The number of rotatable bonds is 5. The lowest BCUT2D eigenvalue weighted by atomic mass is 10.0. The van der Waals surface area contributed by atoms with Crippen LogP contribution < -0.4 is 0 Å². The molecule has 0 aliphatic carbocycles. The standard InChI is InChI=1S/C14H26N2O3/c1-3-16(4-2)13(17)5-8-15-9-6-14(7-10-15)18-11-12-19-14/h3-12H2,1-2H3. The van der Waals surface area contributed by atoms with Crippen molar-refractivity contribution in [3.8, 4) is 0 Å². The van der Waals surface area contributed by atoms with Crippen LogP contribution in [0.25, 0.3) is 0 Å². The van der Waals surface area contributed by atoms with Crippen molar-refractivity contribution in [2.24, 2.45) is 0 Å². The summed E-state index contributed by atoms with van der Waals surface area (Å²) >= 11 is 0. The first-order valence-corrected chi connectivity index (χ1v) is 7.47. The molecule has 0 aromatic carbocycles. The number of hydrogen-bond acceptors (Lipinski definition) is 4. The second-order valence-corrected chi connectivity index (χ2v) is 5.27. The fourth-order valence-corrected chi connectivity index (χ4v) is 2.89. The van der Waals surface area contributed by atoms with Crippen LogP contribution in [-0.4, -0.2) is 67.4 Å². The Bertz CT molecular complexity index is 289. The maximum atomic E-state index is 11.9. The van der Waals surface area contributed by atoms with Crippen molar-refractivity contribution < 1.29 is 14.3 Å². The van der Waals surface area contributed by atoms with Gasteiger partial charge in [-0.3, -0.25) is 4.79 Å². The summed E-state index contributed by atoms with van der Waals surface area (Å²) in [4.78, 5) is 16.2. The van der Waals surface area contributed by atoms with Crippen LogP contribution >= 0.6 is 0 Å². The largest absolute Gasteiger partial charge is 0.347 e. The second kappa shape index (κ2) is 6.68. The SMILES string of the molecule is CCN(CC)C(=O)CCN1CCC2(CC1)OCCO2. The van der Waals surface area contributed by atoms with Crippen molar-refractivity contribution >= 4 is 5.91 Å². The molecule has 110 valence electrons.